The van der Waals surface area contributed by atoms with Crippen molar-refractivity contribution in [2.24, 2.45) is 0 Å². The molecule has 1 amide bonds. The van der Waals surface area contributed by atoms with Crippen LogP contribution in [0.25, 0.3) is 0 Å². The summed E-state index contributed by atoms with van der Waals surface area (Å²) < 4.78 is 7.82. The number of anilines is 2. The Morgan fingerprint density at radius 3 is 2.76 bits per heavy atom. The van der Waals surface area contributed by atoms with Crippen molar-refractivity contribution in [3.05, 3.63) is 33.1 Å². The van der Waals surface area contributed by atoms with Crippen LogP contribution in [-0.2, 0) is 6.54 Å². The number of para-hydroxylation sites is 2. The van der Waals surface area contributed by atoms with Gasteiger partial charge in [-0.3, -0.25) is 4.79 Å². The zero-order valence-corrected chi connectivity index (χ0v) is 13.5. The molecule has 21 heavy (non-hydrogen) atoms. The van der Waals surface area contributed by atoms with Crippen LogP contribution in [0.15, 0.2) is 24.3 Å². The summed E-state index contributed by atoms with van der Waals surface area (Å²) in [7, 11) is 0. The van der Waals surface area contributed by atoms with Crippen LogP contribution in [0.4, 0.5) is 11.5 Å². The number of hydrogen-bond donors (Lipinski definition) is 2. The fourth-order valence-electron chi connectivity index (χ4n) is 1.91. The van der Waals surface area contributed by atoms with Crippen molar-refractivity contribution >= 4 is 41.0 Å². The Morgan fingerprint density at radius 2 is 2.14 bits per heavy atom. The first-order valence-corrected chi connectivity index (χ1v) is 7.83. The predicted molar refractivity (Wildman–Crippen MR) is 88.8 cm³/mol. The number of rotatable bonds is 5. The maximum absolute atomic E-state index is 12.4. The first kappa shape index (κ1) is 15.5. The largest absolute Gasteiger partial charge is 0.492 e. The summed E-state index contributed by atoms with van der Waals surface area (Å²) >= 11 is 6.42. The lowest BCUT2D eigenvalue weighted by atomic mass is 10.3. The summed E-state index contributed by atoms with van der Waals surface area (Å²) in [5.41, 5.74) is 6.60. The molecule has 1 aromatic heterocycles. The molecule has 0 radical (unpaired) electrons. The third-order valence-electron chi connectivity index (χ3n) is 2.89. The second-order valence-corrected chi connectivity index (χ2v) is 5.85. The van der Waals surface area contributed by atoms with E-state index in [0.29, 0.717) is 39.2 Å². The number of amides is 1. The molecule has 2 rings (SSSR count). The molecule has 0 aliphatic heterocycles. The van der Waals surface area contributed by atoms with E-state index < -0.39 is 0 Å². The first-order valence-electron chi connectivity index (χ1n) is 6.60. The van der Waals surface area contributed by atoms with Crippen LogP contribution in [0.2, 0.25) is 0 Å². The smallest absolute Gasteiger partial charge is 0.269 e. The highest BCUT2D eigenvalue weighted by molar-refractivity contribution is 7.73. The highest BCUT2D eigenvalue weighted by Gasteiger charge is 2.17. The number of nitrogens with zero attached hydrogens (tertiary/aromatic N) is 1. The topological polar surface area (TPSA) is 69.3 Å². The van der Waals surface area contributed by atoms with E-state index in [1.54, 1.807) is 10.6 Å². The highest BCUT2D eigenvalue weighted by Crippen LogP contribution is 2.27. The van der Waals surface area contributed by atoms with Gasteiger partial charge in [-0.05, 0) is 38.2 Å². The number of thiazole rings is 1. The summed E-state index contributed by atoms with van der Waals surface area (Å²) in [5.74, 6) is 0.757. The van der Waals surface area contributed by atoms with E-state index in [-0.39, 0.29) is 5.91 Å². The van der Waals surface area contributed by atoms with Crippen LogP contribution in [0.3, 0.4) is 0 Å². The van der Waals surface area contributed by atoms with Crippen LogP contribution < -0.4 is 15.8 Å². The second kappa shape index (κ2) is 6.73. The monoisotopic (exact) mass is 323 g/mol. The van der Waals surface area contributed by atoms with Crippen molar-refractivity contribution in [3.63, 3.8) is 0 Å². The fourth-order valence-corrected chi connectivity index (χ4v) is 3.26. The summed E-state index contributed by atoms with van der Waals surface area (Å²) in [5, 5.41) is 2.82. The van der Waals surface area contributed by atoms with Gasteiger partial charge in [0, 0.05) is 6.54 Å². The molecule has 5 nitrogen and oxygen atoms in total. The molecular formula is C14H17N3O2S2. The Kier molecular flexibility index (Phi) is 4.98. The molecule has 0 spiro atoms. The number of ether oxygens (including phenoxy) is 1. The van der Waals surface area contributed by atoms with Gasteiger partial charge < -0.3 is 20.4 Å². The van der Waals surface area contributed by atoms with E-state index in [1.807, 2.05) is 32.0 Å². The molecule has 0 bridgehead atoms. The summed E-state index contributed by atoms with van der Waals surface area (Å²) in [6.07, 6.45) is 0. The molecule has 0 saturated carbocycles. The Bertz CT molecular complexity index is 706. The van der Waals surface area contributed by atoms with Gasteiger partial charge in [-0.2, -0.15) is 0 Å². The molecule has 2 aromatic rings. The number of nitrogens with one attached hydrogen (secondary N) is 1. The van der Waals surface area contributed by atoms with Gasteiger partial charge in [0.25, 0.3) is 5.91 Å². The maximum Gasteiger partial charge on any atom is 0.269 e. The summed E-state index contributed by atoms with van der Waals surface area (Å²) in [4.78, 5) is 12.8. The Hall–Kier alpha value is -1.86. The SMILES string of the molecule is CCOc1ccccc1NC(=O)c1sc(=S)n(CC)c1N. The molecule has 0 aliphatic carbocycles. The molecule has 112 valence electrons. The molecule has 0 fully saturated rings. The van der Waals surface area contributed by atoms with Gasteiger partial charge in [0.15, 0.2) is 3.95 Å². The minimum Gasteiger partial charge on any atom is -0.492 e. The number of carbonyl (C=O) groups excluding carboxylic acids is 1. The van der Waals surface area contributed by atoms with Gasteiger partial charge in [0.2, 0.25) is 0 Å². The van der Waals surface area contributed by atoms with Gasteiger partial charge in [0.1, 0.15) is 16.4 Å². The molecule has 0 aliphatic rings. The number of aromatic nitrogens is 1. The normalized spacial score (nSPS) is 10.4. The van der Waals surface area contributed by atoms with Gasteiger partial charge in [-0.1, -0.05) is 23.5 Å². The number of hydrogen-bond acceptors (Lipinski definition) is 5. The van der Waals surface area contributed by atoms with Crippen molar-refractivity contribution in [1.29, 1.82) is 0 Å². The number of carbonyl (C=O) groups is 1. The number of benzene rings is 1. The van der Waals surface area contributed by atoms with Crippen molar-refractivity contribution in [2.75, 3.05) is 17.7 Å². The van der Waals surface area contributed by atoms with Crippen molar-refractivity contribution in [3.8, 4) is 5.75 Å². The predicted octanol–water partition coefficient (Wildman–Crippen LogP) is 3.53. The molecule has 0 atom stereocenters. The standard InChI is InChI=1S/C14H17N3O2S2/c1-3-17-12(15)11(21-14(17)20)13(18)16-9-7-5-6-8-10(9)19-4-2/h5-8H,3-4,15H2,1-2H3,(H,16,18). The van der Waals surface area contributed by atoms with Crippen LogP contribution >= 0.6 is 23.6 Å². The van der Waals surface area contributed by atoms with Gasteiger partial charge >= 0.3 is 0 Å². The van der Waals surface area contributed by atoms with Crippen LogP contribution in [0, 0.1) is 3.95 Å². The lowest BCUT2D eigenvalue weighted by molar-refractivity contribution is 0.103. The number of nitrogen functional groups attached to an aromatic ring is 1. The van der Waals surface area contributed by atoms with Crippen molar-refractivity contribution < 1.29 is 9.53 Å². The zero-order valence-electron chi connectivity index (χ0n) is 11.9. The molecule has 0 saturated heterocycles. The molecule has 1 heterocycles. The Labute approximate surface area is 132 Å². The third kappa shape index (κ3) is 3.25. The maximum atomic E-state index is 12.4. The van der Waals surface area contributed by atoms with E-state index >= 15 is 0 Å². The lowest BCUT2D eigenvalue weighted by Gasteiger charge is -2.10. The average molecular weight is 323 g/mol. The quantitative estimate of drug-likeness (QED) is 0.826. The van der Waals surface area contributed by atoms with Crippen LogP contribution in [0.1, 0.15) is 23.5 Å². The summed E-state index contributed by atoms with van der Waals surface area (Å²) in [6.45, 7) is 5.00. The second-order valence-electron chi connectivity index (χ2n) is 4.21. The summed E-state index contributed by atoms with van der Waals surface area (Å²) in [6, 6.07) is 7.28. The van der Waals surface area contributed by atoms with Gasteiger partial charge in [-0.15, -0.1) is 0 Å². The molecular weight excluding hydrogens is 306 g/mol. The van der Waals surface area contributed by atoms with Crippen LogP contribution in [-0.4, -0.2) is 17.1 Å². The van der Waals surface area contributed by atoms with E-state index in [2.05, 4.69) is 5.32 Å². The van der Waals surface area contributed by atoms with E-state index in [9.17, 15) is 4.79 Å². The Morgan fingerprint density at radius 1 is 1.43 bits per heavy atom. The van der Waals surface area contributed by atoms with E-state index in [4.69, 9.17) is 22.7 Å². The number of nitrogens with two attached hydrogens (primary N) is 1. The zero-order chi connectivity index (χ0) is 15.4. The fraction of sp³-hybridized carbons (Fsp3) is 0.286. The minimum absolute atomic E-state index is 0.275. The molecule has 7 heteroatoms. The van der Waals surface area contributed by atoms with Gasteiger partial charge in [0.05, 0.1) is 12.3 Å². The molecule has 0 unspecified atom stereocenters. The van der Waals surface area contributed by atoms with E-state index in [0.717, 1.165) is 0 Å². The van der Waals surface area contributed by atoms with Crippen molar-refractivity contribution in [1.82, 2.24) is 4.57 Å². The third-order valence-corrected chi connectivity index (χ3v) is 4.35. The van der Waals surface area contributed by atoms with Crippen molar-refractivity contribution in [2.45, 2.75) is 20.4 Å². The average Bonchev–Trinajstić information content (AvgIpc) is 2.76. The van der Waals surface area contributed by atoms with E-state index in [1.165, 1.54) is 11.3 Å². The molecule has 1 aromatic carbocycles. The Balaban J connectivity index is 2.29. The van der Waals surface area contributed by atoms with Gasteiger partial charge in [-0.25, -0.2) is 0 Å². The first-order chi connectivity index (χ1) is 10.1. The van der Waals surface area contributed by atoms with Crippen LogP contribution in [0.5, 0.6) is 5.75 Å². The lowest BCUT2D eigenvalue weighted by Crippen LogP contribution is -2.14. The highest BCUT2D eigenvalue weighted by atomic mass is 32.1. The molecule has 3 N–H and O–H groups in total. The minimum atomic E-state index is -0.275.